The number of carbonyl (C=O) groups excluding carboxylic acids is 1. The molecule has 4 fully saturated rings. The minimum atomic E-state index is -3.49. The molecular weight excluding hydrogens is 367 g/mol. The first-order valence-electron chi connectivity index (χ1n) is 9.76. The third-order valence-electron chi connectivity index (χ3n) is 6.66. The Labute approximate surface area is 160 Å². The van der Waals surface area contributed by atoms with Crippen LogP contribution in [-0.4, -0.2) is 32.8 Å². The summed E-state index contributed by atoms with van der Waals surface area (Å²) in [6.45, 7) is 2.37. The predicted octanol–water partition coefficient (Wildman–Crippen LogP) is 3.96. The monoisotopic (exact) mass is 394 g/mol. The van der Waals surface area contributed by atoms with E-state index in [4.69, 9.17) is 4.74 Å². The van der Waals surface area contributed by atoms with Gasteiger partial charge in [-0.25, -0.2) is 12.8 Å². The molecule has 1 aromatic carbocycles. The molecule has 1 aromatic rings. The van der Waals surface area contributed by atoms with E-state index in [9.17, 15) is 17.6 Å². The van der Waals surface area contributed by atoms with E-state index in [1.807, 2.05) is 0 Å². The number of ketones is 1. The normalized spacial score (nSPS) is 31.9. The minimum absolute atomic E-state index is 0.180. The summed E-state index contributed by atoms with van der Waals surface area (Å²) < 4.78 is 43.2. The van der Waals surface area contributed by atoms with Crippen LogP contribution in [0.25, 0.3) is 0 Å². The molecule has 27 heavy (non-hydrogen) atoms. The molecule has 0 atom stereocenters. The van der Waals surface area contributed by atoms with Gasteiger partial charge in [-0.1, -0.05) is 0 Å². The molecule has 0 saturated heterocycles. The number of hydrogen-bond donors (Lipinski definition) is 0. The van der Waals surface area contributed by atoms with Crippen LogP contribution in [0.4, 0.5) is 4.39 Å². The lowest BCUT2D eigenvalue weighted by Gasteiger charge is -2.56. The average Bonchev–Trinajstić information content (AvgIpc) is 2.52. The molecule has 148 valence electrons. The van der Waals surface area contributed by atoms with Crippen molar-refractivity contribution in [3.63, 3.8) is 0 Å². The molecule has 6 heteroatoms. The van der Waals surface area contributed by atoms with Gasteiger partial charge in [0, 0.05) is 17.7 Å². The molecule has 0 heterocycles. The fourth-order valence-electron chi connectivity index (χ4n) is 6.05. The number of carbonyl (C=O) groups is 1. The number of ether oxygens (including phenoxy) is 1. The first kappa shape index (κ1) is 18.9. The third kappa shape index (κ3) is 3.91. The quantitative estimate of drug-likeness (QED) is 0.686. The maximum absolute atomic E-state index is 14.4. The lowest BCUT2D eigenvalue weighted by atomic mass is 9.50. The Morgan fingerprint density at radius 1 is 1.15 bits per heavy atom. The van der Waals surface area contributed by atoms with E-state index >= 15 is 0 Å². The summed E-state index contributed by atoms with van der Waals surface area (Å²) in [6, 6.07) is 2.66. The maximum atomic E-state index is 14.4. The van der Waals surface area contributed by atoms with E-state index < -0.39 is 27.2 Å². The lowest BCUT2D eigenvalue weighted by Crippen LogP contribution is -2.48. The highest BCUT2D eigenvalue weighted by molar-refractivity contribution is 7.91. The summed E-state index contributed by atoms with van der Waals surface area (Å²) in [5.74, 6) is 0.826. The largest absolute Gasteiger partial charge is 0.493 e. The van der Waals surface area contributed by atoms with E-state index in [0.29, 0.717) is 17.9 Å². The Hall–Kier alpha value is -1.43. The molecule has 4 saturated carbocycles. The molecule has 0 unspecified atom stereocenters. The van der Waals surface area contributed by atoms with E-state index in [1.54, 1.807) is 6.92 Å². The van der Waals surface area contributed by atoms with Crippen molar-refractivity contribution in [2.45, 2.75) is 45.4 Å². The number of halogens is 1. The fraction of sp³-hybridized carbons (Fsp3) is 0.667. The van der Waals surface area contributed by atoms with Crippen molar-refractivity contribution in [1.82, 2.24) is 0 Å². The Bertz CT molecular complexity index is 839. The van der Waals surface area contributed by atoms with Gasteiger partial charge in [-0.2, -0.15) is 0 Å². The highest BCUT2D eigenvalue weighted by Crippen LogP contribution is 2.60. The van der Waals surface area contributed by atoms with Crippen molar-refractivity contribution in [2.24, 2.45) is 23.2 Å². The number of rotatable bonds is 6. The van der Waals surface area contributed by atoms with Crippen LogP contribution in [0.2, 0.25) is 0 Å². The van der Waals surface area contributed by atoms with Crippen LogP contribution < -0.4 is 4.74 Å². The lowest BCUT2D eigenvalue weighted by molar-refractivity contribution is -0.0746. The summed E-state index contributed by atoms with van der Waals surface area (Å²) in [5, 5.41) is 0. The van der Waals surface area contributed by atoms with Crippen molar-refractivity contribution < 1.29 is 22.3 Å². The zero-order valence-electron chi connectivity index (χ0n) is 16.0. The Balaban J connectivity index is 1.49. The van der Waals surface area contributed by atoms with E-state index in [2.05, 4.69) is 0 Å². The van der Waals surface area contributed by atoms with Crippen LogP contribution in [0, 0.1) is 35.9 Å². The number of benzene rings is 1. The molecule has 0 aliphatic heterocycles. The Kier molecular flexibility index (Phi) is 4.60. The molecule has 4 nitrogen and oxygen atoms in total. The zero-order valence-corrected chi connectivity index (χ0v) is 16.8. The van der Waals surface area contributed by atoms with E-state index in [1.165, 1.54) is 50.7 Å². The first-order valence-corrected chi connectivity index (χ1v) is 11.8. The molecule has 4 aliphatic rings. The third-order valence-corrected chi connectivity index (χ3v) is 7.44. The molecule has 5 rings (SSSR count). The topological polar surface area (TPSA) is 60.4 Å². The second kappa shape index (κ2) is 6.57. The van der Waals surface area contributed by atoms with Crippen molar-refractivity contribution in [2.75, 3.05) is 18.6 Å². The number of aryl methyl sites for hydroxylation is 1. The molecule has 4 bridgehead atoms. The van der Waals surface area contributed by atoms with E-state index in [0.717, 1.165) is 24.0 Å². The van der Waals surface area contributed by atoms with Crippen LogP contribution in [0.5, 0.6) is 5.75 Å². The standard InChI is InChI=1S/C21H27FO4S/c1-13-3-17(19(23)11-27(2,24)25)18(22)7-20(13)26-12-21-8-14-4-15(9-21)6-16(5-14)10-21/h3,7,14-16H,4-6,8-12H2,1-2H3. The number of hydrogen-bond acceptors (Lipinski definition) is 4. The molecule has 4 aliphatic carbocycles. The summed E-state index contributed by atoms with van der Waals surface area (Å²) in [5.41, 5.74) is 0.709. The van der Waals surface area contributed by atoms with Gasteiger partial charge in [-0.3, -0.25) is 4.79 Å². The molecule has 0 radical (unpaired) electrons. The molecule has 0 amide bonds. The van der Waals surface area contributed by atoms with Gasteiger partial charge < -0.3 is 4.74 Å². The van der Waals surface area contributed by atoms with Crippen LogP contribution in [0.3, 0.4) is 0 Å². The van der Waals surface area contributed by atoms with Crippen LogP contribution >= 0.6 is 0 Å². The SMILES string of the molecule is Cc1cc(C(=O)CS(C)(=O)=O)c(F)cc1OCC12CC3CC(CC(C3)C1)C2. The molecule has 0 spiro atoms. The van der Waals surface area contributed by atoms with Crippen molar-refractivity contribution in [3.8, 4) is 5.75 Å². The van der Waals surface area contributed by atoms with Crippen molar-refractivity contribution in [3.05, 3.63) is 29.1 Å². The van der Waals surface area contributed by atoms with Gasteiger partial charge in [0.2, 0.25) is 0 Å². The van der Waals surface area contributed by atoms with Crippen molar-refractivity contribution >= 4 is 15.6 Å². The average molecular weight is 395 g/mol. The summed E-state index contributed by atoms with van der Waals surface area (Å²) in [7, 11) is -3.49. The smallest absolute Gasteiger partial charge is 0.180 e. The van der Waals surface area contributed by atoms with Gasteiger partial charge in [-0.05, 0) is 74.8 Å². The first-order chi connectivity index (χ1) is 12.6. The number of Topliss-reactive ketones (excluding diaryl/α,β-unsaturated/α-hetero) is 1. The molecule has 0 N–H and O–H groups in total. The second-order valence-corrected chi connectivity index (χ2v) is 11.4. The molecule has 0 aromatic heterocycles. The van der Waals surface area contributed by atoms with Gasteiger partial charge in [0.1, 0.15) is 17.3 Å². The predicted molar refractivity (Wildman–Crippen MR) is 101 cm³/mol. The van der Waals surface area contributed by atoms with E-state index in [-0.39, 0.29) is 11.0 Å². The van der Waals surface area contributed by atoms with Gasteiger partial charge in [0.15, 0.2) is 15.6 Å². The second-order valence-electron chi connectivity index (χ2n) is 9.30. The summed E-state index contributed by atoms with van der Waals surface area (Å²) in [4.78, 5) is 12.1. The summed E-state index contributed by atoms with van der Waals surface area (Å²) >= 11 is 0. The van der Waals surface area contributed by atoms with Crippen molar-refractivity contribution in [1.29, 1.82) is 0 Å². The van der Waals surface area contributed by atoms with Gasteiger partial charge >= 0.3 is 0 Å². The minimum Gasteiger partial charge on any atom is -0.493 e. The highest BCUT2D eigenvalue weighted by atomic mass is 32.2. The molecular formula is C21H27FO4S. The summed E-state index contributed by atoms with van der Waals surface area (Å²) in [6.07, 6.45) is 8.71. The van der Waals surface area contributed by atoms with Gasteiger partial charge in [-0.15, -0.1) is 0 Å². The van der Waals surface area contributed by atoms with Gasteiger partial charge in [0.25, 0.3) is 0 Å². The van der Waals surface area contributed by atoms with Gasteiger partial charge in [0.05, 0.1) is 12.2 Å². The zero-order chi connectivity index (χ0) is 19.4. The fourth-order valence-corrected chi connectivity index (χ4v) is 6.68. The maximum Gasteiger partial charge on any atom is 0.180 e. The Morgan fingerprint density at radius 3 is 2.22 bits per heavy atom. The Morgan fingerprint density at radius 2 is 1.70 bits per heavy atom. The van der Waals surface area contributed by atoms with Crippen LogP contribution in [-0.2, 0) is 9.84 Å². The number of sulfone groups is 1. The highest BCUT2D eigenvalue weighted by Gasteiger charge is 2.51. The van der Waals surface area contributed by atoms with Crippen LogP contribution in [0.1, 0.15) is 54.4 Å². The van der Waals surface area contributed by atoms with Crippen LogP contribution in [0.15, 0.2) is 12.1 Å².